The normalized spacial score (nSPS) is 12.5. The molecule has 4 aromatic heterocycles. The highest BCUT2D eigenvalue weighted by atomic mass is 16.1. The average molecular weight is 539 g/mol. The van der Waals surface area contributed by atoms with E-state index in [1.54, 1.807) is 31.1 Å². The summed E-state index contributed by atoms with van der Waals surface area (Å²) in [4.78, 5) is 34.3. The summed E-state index contributed by atoms with van der Waals surface area (Å²) in [7, 11) is 0. The molecule has 1 aliphatic heterocycles. The van der Waals surface area contributed by atoms with Gasteiger partial charge in [-0.25, -0.2) is 9.97 Å². The number of carbonyl (C=O) groups is 1. The first-order chi connectivity index (χ1) is 20.1. The van der Waals surface area contributed by atoms with Crippen LogP contribution in [0.5, 0.6) is 0 Å². The van der Waals surface area contributed by atoms with Crippen LogP contribution in [0.1, 0.15) is 22.6 Å². The SMILES string of the molecule is Cc1cn(-c2cncc3[nH]c(C4=CCNc5ccc(-c6cncc(NC(=O)Cc7ccccc7)c6)cc54)nc23)cn1. The van der Waals surface area contributed by atoms with E-state index in [0.29, 0.717) is 18.7 Å². The van der Waals surface area contributed by atoms with Gasteiger partial charge in [-0.2, -0.15) is 0 Å². The molecule has 200 valence electrons. The molecule has 0 bridgehead atoms. The van der Waals surface area contributed by atoms with Crippen LogP contribution in [0.4, 0.5) is 11.4 Å². The van der Waals surface area contributed by atoms with Crippen LogP contribution < -0.4 is 10.6 Å². The van der Waals surface area contributed by atoms with Crippen molar-refractivity contribution in [1.29, 1.82) is 0 Å². The second kappa shape index (κ2) is 10.2. The third-order valence-electron chi connectivity index (χ3n) is 7.09. The molecule has 0 atom stereocenters. The molecule has 5 heterocycles. The monoisotopic (exact) mass is 538 g/mol. The van der Waals surface area contributed by atoms with Crippen molar-refractivity contribution in [2.75, 3.05) is 17.2 Å². The number of pyridine rings is 2. The van der Waals surface area contributed by atoms with Crippen molar-refractivity contribution in [3.05, 3.63) is 121 Å². The molecule has 2 aromatic carbocycles. The molecule has 0 fully saturated rings. The Hall–Kier alpha value is -5.57. The van der Waals surface area contributed by atoms with E-state index in [-0.39, 0.29) is 5.91 Å². The summed E-state index contributed by atoms with van der Waals surface area (Å²) in [6.07, 6.45) is 13.2. The van der Waals surface area contributed by atoms with Crippen molar-refractivity contribution in [3.8, 4) is 16.8 Å². The number of benzene rings is 2. The van der Waals surface area contributed by atoms with Gasteiger partial charge in [0, 0.05) is 41.3 Å². The van der Waals surface area contributed by atoms with Crippen molar-refractivity contribution in [2.24, 2.45) is 0 Å². The van der Waals surface area contributed by atoms with E-state index in [1.165, 1.54) is 0 Å². The minimum Gasteiger partial charge on any atom is -0.381 e. The third-order valence-corrected chi connectivity index (χ3v) is 7.09. The molecule has 0 saturated heterocycles. The molecule has 41 heavy (non-hydrogen) atoms. The number of fused-ring (bicyclic) bond motifs is 2. The number of anilines is 2. The lowest BCUT2D eigenvalue weighted by molar-refractivity contribution is -0.115. The van der Waals surface area contributed by atoms with Crippen LogP contribution in [0.15, 0.2) is 98.0 Å². The molecule has 0 aliphatic carbocycles. The van der Waals surface area contributed by atoms with Crippen LogP contribution in [-0.2, 0) is 11.2 Å². The zero-order chi connectivity index (χ0) is 27.8. The molecule has 9 nitrogen and oxygen atoms in total. The highest BCUT2D eigenvalue weighted by Gasteiger charge is 2.20. The molecule has 0 radical (unpaired) electrons. The fraction of sp³-hybridized carbons (Fsp3) is 0.0938. The lowest BCUT2D eigenvalue weighted by Crippen LogP contribution is -2.14. The maximum atomic E-state index is 12.6. The second-order valence-electron chi connectivity index (χ2n) is 9.99. The van der Waals surface area contributed by atoms with Crippen molar-refractivity contribution in [3.63, 3.8) is 0 Å². The van der Waals surface area contributed by atoms with Crippen molar-refractivity contribution in [1.82, 2.24) is 29.5 Å². The Morgan fingerprint density at radius 1 is 1.00 bits per heavy atom. The summed E-state index contributed by atoms with van der Waals surface area (Å²) in [5.41, 5.74) is 10.0. The average Bonchev–Trinajstić information content (AvgIpc) is 3.63. The maximum absolute atomic E-state index is 12.6. The highest BCUT2D eigenvalue weighted by Crippen LogP contribution is 2.36. The Morgan fingerprint density at radius 2 is 1.88 bits per heavy atom. The number of rotatable bonds is 6. The summed E-state index contributed by atoms with van der Waals surface area (Å²) in [6.45, 7) is 2.65. The Kier molecular flexibility index (Phi) is 6.09. The molecule has 0 unspecified atom stereocenters. The number of aryl methyl sites for hydroxylation is 1. The van der Waals surface area contributed by atoms with E-state index >= 15 is 0 Å². The number of hydrogen-bond donors (Lipinski definition) is 3. The van der Waals surface area contributed by atoms with Gasteiger partial charge in [-0.15, -0.1) is 0 Å². The van der Waals surface area contributed by atoms with Gasteiger partial charge in [-0.1, -0.05) is 42.5 Å². The van der Waals surface area contributed by atoms with E-state index in [1.807, 2.05) is 54.1 Å². The predicted molar refractivity (Wildman–Crippen MR) is 160 cm³/mol. The first-order valence-corrected chi connectivity index (χ1v) is 13.3. The minimum absolute atomic E-state index is 0.0837. The first kappa shape index (κ1) is 24.5. The molecule has 9 heteroatoms. The van der Waals surface area contributed by atoms with Crippen molar-refractivity contribution in [2.45, 2.75) is 13.3 Å². The lowest BCUT2D eigenvalue weighted by Gasteiger charge is -2.19. The van der Waals surface area contributed by atoms with Crippen LogP contribution in [0.3, 0.4) is 0 Å². The van der Waals surface area contributed by atoms with Gasteiger partial charge in [0.25, 0.3) is 0 Å². The molecule has 1 aliphatic rings. The zero-order valence-corrected chi connectivity index (χ0v) is 22.3. The number of carbonyl (C=O) groups excluding carboxylic acids is 1. The number of imidazole rings is 2. The topological polar surface area (TPSA) is 113 Å². The molecule has 3 N–H and O–H groups in total. The Morgan fingerprint density at radius 3 is 2.73 bits per heavy atom. The van der Waals surface area contributed by atoms with E-state index in [9.17, 15) is 4.79 Å². The molecule has 7 rings (SSSR count). The van der Waals surface area contributed by atoms with E-state index in [0.717, 1.165) is 61.8 Å². The van der Waals surface area contributed by atoms with Crippen LogP contribution in [-0.4, -0.2) is 41.9 Å². The molecular formula is C32H26N8O. The van der Waals surface area contributed by atoms with Crippen molar-refractivity contribution < 1.29 is 4.79 Å². The fourth-order valence-corrected chi connectivity index (χ4v) is 5.14. The number of aromatic amines is 1. The Bertz CT molecular complexity index is 1940. The van der Waals surface area contributed by atoms with Gasteiger partial charge in [0.05, 0.1) is 53.9 Å². The van der Waals surface area contributed by atoms with E-state index in [4.69, 9.17) is 4.98 Å². The number of nitrogens with zero attached hydrogens (tertiary/aromatic N) is 5. The third kappa shape index (κ3) is 4.85. The molecule has 0 saturated carbocycles. The summed E-state index contributed by atoms with van der Waals surface area (Å²) in [5, 5.41) is 6.44. The molecule has 1 amide bonds. The van der Waals surface area contributed by atoms with Crippen LogP contribution in [0.25, 0.3) is 33.4 Å². The van der Waals surface area contributed by atoms with Crippen LogP contribution >= 0.6 is 0 Å². The van der Waals surface area contributed by atoms with Gasteiger partial charge in [0.2, 0.25) is 5.91 Å². The lowest BCUT2D eigenvalue weighted by atomic mass is 9.95. The van der Waals surface area contributed by atoms with Crippen LogP contribution in [0, 0.1) is 6.92 Å². The maximum Gasteiger partial charge on any atom is 0.228 e. The summed E-state index contributed by atoms with van der Waals surface area (Å²) >= 11 is 0. The minimum atomic E-state index is -0.0837. The summed E-state index contributed by atoms with van der Waals surface area (Å²) < 4.78 is 1.94. The van der Waals surface area contributed by atoms with Gasteiger partial charge in [0.1, 0.15) is 11.3 Å². The van der Waals surface area contributed by atoms with Gasteiger partial charge >= 0.3 is 0 Å². The zero-order valence-electron chi connectivity index (χ0n) is 22.3. The van der Waals surface area contributed by atoms with Gasteiger partial charge in [-0.3, -0.25) is 14.8 Å². The highest BCUT2D eigenvalue weighted by molar-refractivity contribution is 5.94. The molecular weight excluding hydrogens is 512 g/mol. The standard InChI is InChI=1S/C32H26N8O/c1-20-18-40(19-36-20)29-17-34-16-28-31(29)39-32(38-28)25-9-10-35-27-8-7-22(13-26(25)27)23-12-24(15-33-14-23)37-30(41)11-21-5-3-2-4-6-21/h2-9,12-19,35H,10-11H2,1H3,(H,37,41)(H,38,39). The molecule has 6 aromatic rings. The second-order valence-corrected chi connectivity index (χ2v) is 9.99. The van der Waals surface area contributed by atoms with Crippen molar-refractivity contribution >= 4 is 33.9 Å². The van der Waals surface area contributed by atoms with E-state index < -0.39 is 0 Å². The fourth-order valence-electron chi connectivity index (χ4n) is 5.14. The number of hydrogen-bond acceptors (Lipinski definition) is 6. The van der Waals surface area contributed by atoms with Gasteiger partial charge < -0.3 is 20.2 Å². The van der Waals surface area contributed by atoms with E-state index in [2.05, 4.69) is 54.8 Å². The smallest absolute Gasteiger partial charge is 0.228 e. The number of amides is 1. The summed E-state index contributed by atoms with van der Waals surface area (Å²) in [5.74, 6) is 0.686. The Labute approximate surface area is 236 Å². The number of nitrogens with one attached hydrogen (secondary N) is 3. The van der Waals surface area contributed by atoms with Gasteiger partial charge in [-0.05, 0) is 36.2 Å². The first-order valence-electron chi connectivity index (χ1n) is 13.3. The number of H-pyrrole nitrogens is 1. The Balaban J connectivity index is 1.19. The molecule has 0 spiro atoms. The number of aromatic nitrogens is 6. The van der Waals surface area contributed by atoms with Crippen LogP contribution in [0.2, 0.25) is 0 Å². The van der Waals surface area contributed by atoms with Gasteiger partial charge in [0.15, 0.2) is 0 Å². The largest absolute Gasteiger partial charge is 0.381 e. The quantitative estimate of drug-likeness (QED) is 0.256. The predicted octanol–water partition coefficient (Wildman–Crippen LogP) is 5.55. The summed E-state index contributed by atoms with van der Waals surface area (Å²) in [6, 6.07) is 17.9.